The van der Waals surface area contributed by atoms with Crippen LogP contribution >= 0.6 is 15.9 Å². The third-order valence-electron chi connectivity index (χ3n) is 3.31. The highest BCUT2D eigenvalue weighted by atomic mass is 79.9. The molecular weight excluding hydrogens is 298 g/mol. The molecule has 0 N–H and O–H groups in total. The Bertz CT molecular complexity index is 328. The second kappa shape index (κ2) is 5.59. The van der Waals surface area contributed by atoms with Gasteiger partial charge in [-0.25, -0.2) is 4.79 Å². The summed E-state index contributed by atoms with van der Waals surface area (Å²) in [7, 11) is 0. The summed E-state index contributed by atoms with van der Waals surface area (Å²) in [5.74, 6) is 0.214. The molecule has 5 heteroatoms. The van der Waals surface area contributed by atoms with E-state index < -0.39 is 5.60 Å². The van der Waals surface area contributed by atoms with Gasteiger partial charge < -0.3 is 9.64 Å². The number of ether oxygens (including phenoxy) is 1. The number of hydrogen-bond acceptors (Lipinski definition) is 3. The Labute approximate surface area is 117 Å². The van der Waals surface area contributed by atoms with E-state index >= 15 is 0 Å². The molecule has 1 rings (SSSR count). The first-order chi connectivity index (χ1) is 8.18. The lowest BCUT2D eigenvalue weighted by molar-refractivity contribution is -0.127. The van der Waals surface area contributed by atoms with Crippen LogP contribution in [0.5, 0.6) is 0 Å². The average molecular weight is 320 g/mol. The van der Waals surface area contributed by atoms with E-state index in [0.29, 0.717) is 31.3 Å². The van der Waals surface area contributed by atoms with Gasteiger partial charge in [0.15, 0.2) is 0 Å². The second-order valence-corrected chi connectivity index (χ2v) is 6.65. The molecule has 0 radical (unpaired) electrons. The van der Waals surface area contributed by atoms with Crippen molar-refractivity contribution in [1.29, 1.82) is 0 Å². The topological polar surface area (TPSA) is 46.6 Å². The van der Waals surface area contributed by atoms with E-state index in [4.69, 9.17) is 4.74 Å². The lowest BCUT2D eigenvalue weighted by Gasteiger charge is -2.38. The molecule has 1 saturated heterocycles. The highest BCUT2D eigenvalue weighted by Crippen LogP contribution is 2.32. The molecule has 0 aromatic rings. The van der Waals surface area contributed by atoms with E-state index in [2.05, 4.69) is 15.9 Å². The van der Waals surface area contributed by atoms with Crippen LogP contribution in [0.15, 0.2) is 0 Å². The lowest BCUT2D eigenvalue weighted by atomic mass is 9.77. The van der Waals surface area contributed by atoms with Crippen LogP contribution in [0.3, 0.4) is 0 Å². The second-order valence-electron chi connectivity index (χ2n) is 6.08. The molecule has 0 spiro atoms. The van der Waals surface area contributed by atoms with Crippen LogP contribution in [0.25, 0.3) is 0 Å². The first-order valence-electron chi connectivity index (χ1n) is 6.25. The van der Waals surface area contributed by atoms with Gasteiger partial charge in [-0.15, -0.1) is 0 Å². The minimum atomic E-state index is -0.469. The van der Waals surface area contributed by atoms with E-state index in [0.717, 1.165) is 0 Å². The molecular formula is C13H22BrNO3. The maximum Gasteiger partial charge on any atom is 0.410 e. The molecule has 1 aliphatic heterocycles. The molecule has 1 amide bonds. The zero-order valence-corrected chi connectivity index (χ0v) is 13.2. The van der Waals surface area contributed by atoms with Crippen LogP contribution in [-0.2, 0) is 9.53 Å². The van der Waals surface area contributed by atoms with Crippen LogP contribution in [0, 0.1) is 5.41 Å². The van der Waals surface area contributed by atoms with Crippen molar-refractivity contribution in [1.82, 2.24) is 4.90 Å². The third-order valence-corrected chi connectivity index (χ3v) is 3.82. The molecule has 4 nitrogen and oxygen atoms in total. The molecule has 0 aromatic carbocycles. The van der Waals surface area contributed by atoms with Gasteiger partial charge in [-0.05, 0) is 33.6 Å². The van der Waals surface area contributed by atoms with Gasteiger partial charge >= 0.3 is 6.09 Å². The van der Waals surface area contributed by atoms with E-state index in [9.17, 15) is 9.59 Å². The van der Waals surface area contributed by atoms with Crippen molar-refractivity contribution in [2.24, 2.45) is 5.41 Å². The largest absolute Gasteiger partial charge is 0.444 e. The Morgan fingerprint density at radius 3 is 2.17 bits per heavy atom. The maximum atomic E-state index is 11.9. The Balaban J connectivity index is 2.54. The van der Waals surface area contributed by atoms with Gasteiger partial charge in [-0.3, -0.25) is 4.79 Å². The summed E-state index contributed by atoms with van der Waals surface area (Å²) in [6.45, 7) is 8.71. The zero-order valence-electron chi connectivity index (χ0n) is 11.6. The minimum Gasteiger partial charge on any atom is -0.444 e. The molecule has 104 valence electrons. The minimum absolute atomic E-state index is 0.214. The Morgan fingerprint density at radius 2 is 1.78 bits per heavy atom. The van der Waals surface area contributed by atoms with Crippen molar-refractivity contribution < 1.29 is 14.3 Å². The van der Waals surface area contributed by atoms with Gasteiger partial charge in [0.05, 0.1) is 5.33 Å². The normalized spacial score (nSPS) is 19.5. The number of carbonyl (C=O) groups excluding carboxylic acids is 2. The van der Waals surface area contributed by atoms with Crippen molar-refractivity contribution in [2.45, 2.75) is 46.1 Å². The molecule has 0 aliphatic carbocycles. The smallest absolute Gasteiger partial charge is 0.410 e. The van der Waals surface area contributed by atoms with Gasteiger partial charge in [0.25, 0.3) is 0 Å². The monoisotopic (exact) mass is 319 g/mol. The highest BCUT2D eigenvalue weighted by Gasteiger charge is 2.37. The number of rotatable bonds is 2. The summed E-state index contributed by atoms with van der Waals surface area (Å²) < 4.78 is 5.32. The van der Waals surface area contributed by atoms with E-state index in [-0.39, 0.29) is 17.3 Å². The summed E-state index contributed by atoms with van der Waals surface area (Å²) in [6, 6.07) is 0. The van der Waals surface area contributed by atoms with Crippen LogP contribution in [0.4, 0.5) is 4.79 Å². The number of hydrogen-bond donors (Lipinski definition) is 0. The van der Waals surface area contributed by atoms with Gasteiger partial charge in [0.2, 0.25) is 0 Å². The highest BCUT2D eigenvalue weighted by molar-refractivity contribution is 9.09. The molecule has 1 fully saturated rings. The van der Waals surface area contributed by atoms with Gasteiger partial charge in [-0.1, -0.05) is 22.9 Å². The fourth-order valence-corrected chi connectivity index (χ4v) is 2.63. The molecule has 0 unspecified atom stereocenters. The number of piperidine rings is 1. The fourth-order valence-electron chi connectivity index (χ4n) is 1.95. The number of carbonyl (C=O) groups is 2. The molecule has 0 atom stereocenters. The predicted molar refractivity (Wildman–Crippen MR) is 73.9 cm³/mol. The number of amides is 1. The number of ketones is 1. The first-order valence-corrected chi connectivity index (χ1v) is 7.37. The standard InChI is InChI=1S/C13H22BrNO3/c1-12(2,3)18-11(17)15-7-5-13(4,6-8-15)10(16)9-14/h5-9H2,1-4H3. The summed E-state index contributed by atoms with van der Waals surface area (Å²) in [4.78, 5) is 25.4. The number of halogens is 1. The summed E-state index contributed by atoms with van der Waals surface area (Å²) in [5, 5.41) is 0.385. The summed E-state index contributed by atoms with van der Waals surface area (Å²) >= 11 is 3.21. The van der Waals surface area contributed by atoms with Crippen molar-refractivity contribution >= 4 is 27.8 Å². The quantitative estimate of drug-likeness (QED) is 0.735. The predicted octanol–water partition coefficient (Wildman–Crippen LogP) is 2.99. The van der Waals surface area contributed by atoms with Crippen LogP contribution in [0.2, 0.25) is 0 Å². The summed E-state index contributed by atoms with van der Waals surface area (Å²) in [5.41, 5.74) is -0.772. The zero-order chi connectivity index (χ0) is 14.0. The van der Waals surface area contributed by atoms with Crippen LogP contribution in [0.1, 0.15) is 40.5 Å². The first kappa shape index (κ1) is 15.5. The van der Waals surface area contributed by atoms with Crippen LogP contribution in [-0.4, -0.2) is 40.8 Å². The molecule has 18 heavy (non-hydrogen) atoms. The number of Topliss-reactive ketones (excluding diaryl/α,β-unsaturated/α-hetero) is 1. The van der Waals surface area contributed by atoms with E-state index in [1.54, 1.807) is 4.90 Å². The average Bonchev–Trinajstić information content (AvgIpc) is 2.26. The van der Waals surface area contributed by atoms with Crippen molar-refractivity contribution in [3.63, 3.8) is 0 Å². The van der Waals surface area contributed by atoms with Gasteiger partial charge in [0, 0.05) is 18.5 Å². The summed E-state index contributed by atoms with van der Waals surface area (Å²) in [6.07, 6.45) is 1.13. The van der Waals surface area contributed by atoms with Crippen LogP contribution < -0.4 is 0 Å². The molecule has 1 heterocycles. The molecule has 0 saturated carbocycles. The Kier molecular flexibility index (Phi) is 4.81. The Morgan fingerprint density at radius 1 is 1.28 bits per heavy atom. The number of alkyl halides is 1. The maximum absolute atomic E-state index is 11.9. The van der Waals surface area contributed by atoms with E-state index in [1.165, 1.54) is 0 Å². The van der Waals surface area contributed by atoms with Crippen molar-refractivity contribution in [2.75, 3.05) is 18.4 Å². The SMILES string of the molecule is CC(C)(C)OC(=O)N1CCC(C)(C(=O)CBr)CC1. The molecule has 0 bridgehead atoms. The lowest BCUT2D eigenvalue weighted by Crippen LogP contribution is -2.47. The Hall–Kier alpha value is -0.580. The fraction of sp³-hybridized carbons (Fsp3) is 0.846. The number of nitrogens with zero attached hydrogens (tertiary/aromatic N) is 1. The van der Waals surface area contributed by atoms with Crippen molar-refractivity contribution in [3.8, 4) is 0 Å². The molecule has 0 aromatic heterocycles. The van der Waals surface area contributed by atoms with Crippen molar-refractivity contribution in [3.05, 3.63) is 0 Å². The van der Waals surface area contributed by atoms with E-state index in [1.807, 2.05) is 27.7 Å². The third kappa shape index (κ3) is 3.97. The molecule has 1 aliphatic rings. The number of likely N-dealkylation sites (tertiary alicyclic amines) is 1. The van der Waals surface area contributed by atoms with Gasteiger partial charge in [0.1, 0.15) is 11.4 Å². The van der Waals surface area contributed by atoms with Gasteiger partial charge in [-0.2, -0.15) is 0 Å².